The fourth-order valence-corrected chi connectivity index (χ4v) is 12.8. The Morgan fingerprint density at radius 1 is 0.720 bits per heavy atom. The number of likely N-dealkylation sites (N-methyl/N-ethyl adjacent to an activating group) is 1. The van der Waals surface area contributed by atoms with E-state index in [4.69, 9.17) is 63.1 Å². The molecule has 7 aliphatic heterocycles. The highest BCUT2D eigenvalue weighted by molar-refractivity contribution is 6.32. The topological polar surface area (TPSA) is 507 Å². The molecule has 0 aliphatic carbocycles. The van der Waals surface area contributed by atoms with Gasteiger partial charge in [-0.2, -0.15) is 0 Å². The average molecular weight is 1430 g/mol. The van der Waals surface area contributed by atoms with Gasteiger partial charge in [-0.25, -0.2) is 4.79 Å². The smallest absolute Gasteiger partial charge is 0.330 e. The van der Waals surface area contributed by atoms with E-state index in [1.807, 2.05) is 13.8 Å². The third-order valence-electron chi connectivity index (χ3n) is 17.5. The molecule has 7 aliphatic rings. The van der Waals surface area contributed by atoms with Crippen molar-refractivity contribution >= 4 is 76.3 Å². The Morgan fingerprint density at radius 2 is 1.34 bits per heavy atom. The number of nitrogens with two attached hydrogens (primary N) is 2. The summed E-state index contributed by atoms with van der Waals surface area (Å²) in [6, 6.07) is 2.09. The lowest BCUT2D eigenvalue weighted by molar-refractivity contribution is -0.277. The second-order valence-electron chi connectivity index (χ2n) is 25.3. The minimum Gasteiger partial charge on any atom is -0.507 e. The first kappa shape index (κ1) is 73.4. The number of aliphatic hydroxyl groups excluding tert-OH is 5. The van der Waals surface area contributed by atoms with Crippen LogP contribution in [0.3, 0.4) is 0 Å². The monoisotopic (exact) mass is 1430 g/mol. The number of phenolic OH excluding ortho intramolecular Hbond substituents is 2. The van der Waals surface area contributed by atoms with Crippen LogP contribution in [0, 0.1) is 5.92 Å². The van der Waals surface area contributed by atoms with Crippen LogP contribution in [0.2, 0.25) is 10.0 Å². The lowest BCUT2D eigenvalue weighted by Crippen LogP contribution is -2.60. The standard InChI is InChI=1S/C66H73Cl2N9O23/c1-24(2)15-34(71-5)58(87)76-49-51(82)27-10-13-38(32(67)17-27)96-40-19-29-20-41(56(40)100-65-54(85)53(84)52(83)42(23-78)98-65)97-39-14-11-28(18-33(39)68)55(99-44-22-66(4,70)57(86)25(3)95-44)50-63(92)75-48(64(93)94)30-7-6-8-37(80)45(30)31-16-26(9-12-36(31)79)46(60(89)77-50)74-61(90)47(29)73-59(88)35(21-43(69)81)72-62(49)91/h6-14,16-20,24-25,34-35,42,44,46-55,65,71,78-80,82-85H,15,21-23,70H2,1-5H3,(H2,69,81)(H,72,91)(H,73,88)(H,74,90)(H,75,92)(H,76,87)(H,77,89)(H,93,94)/t25-,34+,35-,42+,44-,46+,47+,48-,49+,50-,51+,52+,53-,54+,55+,65-,66-/m0/s1. The van der Waals surface area contributed by atoms with Crippen molar-refractivity contribution in [3.63, 3.8) is 0 Å². The molecule has 17 atom stereocenters. The van der Waals surface area contributed by atoms with Crippen LogP contribution in [0.4, 0.5) is 0 Å². The second-order valence-corrected chi connectivity index (χ2v) is 26.1. The molecule has 534 valence electrons. The van der Waals surface area contributed by atoms with Crippen molar-refractivity contribution in [3.05, 3.63) is 123 Å². The molecule has 7 amide bonds. The summed E-state index contributed by atoms with van der Waals surface area (Å²) in [5, 5.41) is 107. The zero-order valence-corrected chi connectivity index (χ0v) is 55.4. The molecular weight excluding hydrogens is 1360 g/mol. The van der Waals surface area contributed by atoms with Gasteiger partial charge in [0.1, 0.15) is 95.9 Å². The Morgan fingerprint density at radius 3 is 1.95 bits per heavy atom. The van der Waals surface area contributed by atoms with Crippen LogP contribution in [0.25, 0.3) is 11.1 Å². The van der Waals surface area contributed by atoms with Crippen LogP contribution < -0.4 is 62.9 Å². The number of rotatable bonds is 13. The summed E-state index contributed by atoms with van der Waals surface area (Å²) in [5.41, 5.74) is 8.45. The summed E-state index contributed by atoms with van der Waals surface area (Å²) in [6.07, 6.45) is -17.9. The largest absolute Gasteiger partial charge is 0.507 e. The number of hydrogen-bond acceptors (Lipinski definition) is 24. The number of primary amides is 1. The molecule has 2 fully saturated rings. The number of aliphatic carboxylic acids is 1. The van der Waals surface area contributed by atoms with E-state index in [9.17, 15) is 64.8 Å². The van der Waals surface area contributed by atoms with Crippen molar-refractivity contribution < 1.29 is 112 Å². The number of ether oxygens (including phenoxy) is 6. The van der Waals surface area contributed by atoms with Gasteiger partial charge in [0.25, 0.3) is 0 Å². The maximum atomic E-state index is 16.1. The van der Waals surface area contributed by atoms with E-state index in [1.54, 1.807) is 0 Å². The normalized spacial score (nSPS) is 28.9. The Balaban J connectivity index is 1.25. The highest BCUT2D eigenvalue weighted by Gasteiger charge is 2.49. The number of benzene rings is 5. The summed E-state index contributed by atoms with van der Waals surface area (Å²) in [4.78, 5) is 132. The minimum absolute atomic E-state index is 0.0894. The van der Waals surface area contributed by atoms with E-state index in [0.717, 1.165) is 42.5 Å². The van der Waals surface area contributed by atoms with Crippen molar-refractivity contribution in [2.75, 3.05) is 13.7 Å². The van der Waals surface area contributed by atoms with Crippen molar-refractivity contribution in [2.24, 2.45) is 17.4 Å². The van der Waals surface area contributed by atoms with E-state index in [-0.39, 0.29) is 56.7 Å². The second kappa shape index (κ2) is 29.9. The molecule has 0 aromatic heterocycles. The molecule has 5 aromatic carbocycles. The number of carboxylic acids is 1. The molecule has 0 spiro atoms. The molecule has 0 saturated carbocycles. The SMILES string of the molecule is CN[C@H](CC(C)C)C(=O)N[C@H]1C(=O)N[C@@H](CC(N)=O)C(=O)N[C@H]2C(=O)N[C@H]3C(=O)N[C@H](C(=O)N[C@H](C(=O)O)c4cccc(O)c4-c4cc3ccc4O)[C@H](O[C@H]3C[C@](C)(N)C(=O)[C@H](C)O3)c3ccc(c(Cl)c3)Oc3cc2cc(c3O[C@@H]2O[C@H](CO)[C@@H](O)[C@H](O)[C@H]2O)Oc2ccc(cc2Cl)[C@H]1O. The highest BCUT2D eigenvalue weighted by Crippen LogP contribution is 2.49. The van der Waals surface area contributed by atoms with E-state index in [1.165, 1.54) is 63.4 Å². The Kier molecular flexibility index (Phi) is 21.9. The molecule has 34 heteroatoms. The Bertz CT molecular complexity index is 4070. The summed E-state index contributed by atoms with van der Waals surface area (Å²) in [7, 11) is 1.48. The third-order valence-corrected chi connectivity index (χ3v) is 18.1. The first-order valence-electron chi connectivity index (χ1n) is 31.3. The number of carbonyl (C=O) groups excluding carboxylic acids is 8. The van der Waals surface area contributed by atoms with Crippen LogP contribution in [0.15, 0.2) is 84.9 Å². The lowest BCUT2D eigenvalue weighted by atomic mass is 9.88. The number of Topliss-reactive ketones (excluding diaryl/α,β-unsaturated/α-hetero) is 1. The van der Waals surface area contributed by atoms with E-state index < -0.39 is 221 Å². The number of fused-ring (bicyclic) bond motifs is 15. The summed E-state index contributed by atoms with van der Waals surface area (Å²) in [5.74, 6) is -15.2. The van der Waals surface area contributed by atoms with Crippen LogP contribution >= 0.6 is 23.2 Å². The van der Waals surface area contributed by atoms with Crippen molar-refractivity contribution in [1.82, 2.24) is 37.2 Å². The predicted octanol–water partition coefficient (Wildman–Crippen LogP) is 0.609. The molecule has 5 aromatic rings. The third kappa shape index (κ3) is 15.4. The highest BCUT2D eigenvalue weighted by atomic mass is 35.5. The van der Waals surface area contributed by atoms with Crippen molar-refractivity contribution in [2.45, 2.75) is 150 Å². The first-order valence-corrected chi connectivity index (χ1v) is 32.1. The van der Waals surface area contributed by atoms with Gasteiger partial charge in [-0.15, -0.1) is 0 Å². The minimum atomic E-state index is -2.32. The maximum absolute atomic E-state index is 16.1. The molecule has 0 radical (unpaired) electrons. The summed E-state index contributed by atoms with van der Waals surface area (Å²) >= 11 is 14.2. The van der Waals surface area contributed by atoms with Gasteiger partial charge in [0.15, 0.2) is 29.6 Å². The number of carboxylic acid groups (broad SMARTS) is 1. The van der Waals surface area contributed by atoms with Gasteiger partial charge in [-0.1, -0.05) is 67.4 Å². The number of hydrogen-bond donors (Lipinski definition) is 17. The van der Waals surface area contributed by atoms with Crippen LogP contribution in [0.1, 0.15) is 105 Å². The molecule has 32 nitrogen and oxygen atoms in total. The van der Waals surface area contributed by atoms with E-state index in [0.29, 0.717) is 0 Å². The van der Waals surface area contributed by atoms with Crippen molar-refractivity contribution in [3.8, 4) is 51.4 Å². The van der Waals surface area contributed by atoms with Crippen LogP contribution in [-0.4, -0.2) is 180 Å². The van der Waals surface area contributed by atoms with Crippen molar-refractivity contribution in [1.29, 1.82) is 0 Å². The lowest BCUT2D eigenvalue weighted by Gasteiger charge is -2.40. The fourth-order valence-electron chi connectivity index (χ4n) is 12.3. The summed E-state index contributed by atoms with van der Waals surface area (Å²) < 4.78 is 37.9. The number of amides is 7. The average Bonchev–Trinajstić information content (AvgIpc) is 0.771. The van der Waals surface area contributed by atoms with Crippen LogP contribution in [0.5, 0.6) is 40.2 Å². The number of aliphatic hydroxyl groups is 5. The number of nitrogens with one attached hydrogen (secondary N) is 7. The molecule has 7 heterocycles. The molecule has 100 heavy (non-hydrogen) atoms. The number of halogens is 2. The molecule has 12 rings (SSSR count). The van der Waals surface area contributed by atoms with Gasteiger partial charge >= 0.3 is 5.97 Å². The van der Waals surface area contributed by atoms with Gasteiger partial charge in [0, 0.05) is 17.5 Å². The fraction of sp³-hybridized carbons (Fsp3) is 0.409. The predicted molar refractivity (Wildman–Crippen MR) is 347 cm³/mol. The molecular formula is C66H73Cl2N9O23. The van der Waals surface area contributed by atoms with Gasteiger partial charge < -0.3 is 118 Å². The zero-order valence-electron chi connectivity index (χ0n) is 53.8. The van der Waals surface area contributed by atoms with E-state index in [2.05, 4.69) is 37.2 Å². The Labute approximate surface area is 578 Å². The number of carbonyl (C=O) groups is 9. The quantitative estimate of drug-likeness (QED) is 0.0768. The number of aromatic hydroxyl groups is 2. The Hall–Kier alpha value is -9.29. The van der Waals surface area contributed by atoms with Gasteiger partial charge in [-0.3, -0.25) is 38.4 Å². The molecule has 19 N–H and O–H groups in total. The summed E-state index contributed by atoms with van der Waals surface area (Å²) in [6.45, 7) is 5.46. The van der Waals surface area contributed by atoms with Gasteiger partial charge in [-0.05, 0) is 116 Å². The van der Waals surface area contributed by atoms with Gasteiger partial charge in [0.2, 0.25) is 53.4 Å². The number of phenols is 2. The first-order chi connectivity index (χ1) is 47.3. The molecule has 2 saturated heterocycles. The van der Waals surface area contributed by atoms with Crippen LogP contribution in [-0.2, 0) is 57.4 Å². The molecule has 11 bridgehead atoms. The molecule has 0 unspecified atom stereocenters. The van der Waals surface area contributed by atoms with E-state index >= 15 is 19.2 Å². The van der Waals surface area contributed by atoms with Gasteiger partial charge in [0.05, 0.1) is 34.7 Å². The number of ketones is 1. The maximum Gasteiger partial charge on any atom is 0.330 e. The zero-order chi connectivity index (χ0) is 72.7.